The van der Waals surface area contributed by atoms with Gasteiger partial charge in [-0.3, -0.25) is 14.2 Å². The Morgan fingerprint density at radius 3 is 2.90 bits per heavy atom. The van der Waals surface area contributed by atoms with Gasteiger partial charge in [-0.25, -0.2) is 4.98 Å². The molecule has 1 heterocycles. The van der Waals surface area contributed by atoms with Gasteiger partial charge >= 0.3 is 5.97 Å². The van der Waals surface area contributed by atoms with Gasteiger partial charge in [0.05, 0.1) is 30.3 Å². The Morgan fingerprint density at radius 2 is 2.24 bits per heavy atom. The summed E-state index contributed by atoms with van der Waals surface area (Å²) in [6.45, 7) is 1.77. The van der Waals surface area contributed by atoms with Gasteiger partial charge in [0.1, 0.15) is 11.6 Å². The van der Waals surface area contributed by atoms with E-state index >= 15 is 0 Å². The Bertz CT molecular complexity index is 727. The number of benzene rings is 1. The number of carbonyl (C=O) groups is 1. The highest BCUT2D eigenvalue weighted by Gasteiger charge is 2.09. The molecule has 7 heteroatoms. The normalized spacial score (nSPS) is 10.8. The number of nitrogens with zero attached hydrogens (tertiary/aromatic N) is 2. The van der Waals surface area contributed by atoms with E-state index < -0.39 is 5.97 Å². The third-order valence-electron chi connectivity index (χ3n) is 3.03. The van der Waals surface area contributed by atoms with Gasteiger partial charge in [-0.2, -0.15) is 0 Å². The lowest BCUT2D eigenvalue weighted by Crippen LogP contribution is -2.23. The Kier molecular flexibility index (Phi) is 4.85. The molecule has 1 aromatic carbocycles. The average molecular weight is 308 g/mol. The SMILES string of the molecule is COc1ccc2nc(C)n(CSCCC(=O)O)c(=O)c2c1. The van der Waals surface area contributed by atoms with Crippen LogP contribution in [-0.2, 0) is 10.7 Å². The molecule has 0 saturated carbocycles. The monoisotopic (exact) mass is 308 g/mol. The highest BCUT2D eigenvalue weighted by atomic mass is 32.2. The molecule has 0 amide bonds. The number of hydrogen-bond donors (Lipinski definition) is 1. The minimum atomic E-state index is -0.840. The summed E-state index contributed by atoms with van der Waals surface area (Å²) in [6, 6.07) is 5.19. The molecule has 0 aliphatic carbocycles. The highest BCUT2D eigenvalue weighted by Crippen LogP contribution is 2.17. The fourth-order valence-corrected chi connectivity index (χ4v) is 2.84. The number of carboxylic acid groups (broad SMARTS) is 1. The molecule has 112 valence electrons. The standard InChI is InChI=1S/C14H16N2O4S/c1-9-15-12-4-3-10(20-2)7-11(12)14(19)16(9)8-21-6-5-13(17)18/h3-4,7H,5-6,8H2,1-2H3,(H,17,18). The van der Waals surface area contributed by atoms with E-state index in [9.17, 15) is 9.59 Å². The molecule has 2 rings (SSSR count). The molecular weight excluding hydrogens is 292 g/mol. The quantitative estimate of drug-likeness (QED) is 0.821. The zero-order valence-electron chi connectivity index (χ0n) is 11.8. The lowest BCUT2D eigenvalue weighted by atomic mass is 10.2. The first kappa shape index (κ1) is 15.4. The maximum atomic E-state index is 12.5. The highest BCUT2D eigenvalue weighted by molar-refractivity contribution is 7.98. The molecule has 0 bridgehead atoms. The second-order valence-electron chi connectivity index (χ2n) is 4.46. The summed E-state index contributed by atoms with van der Waals surface area (Å²) in [4.78, 5) is 27.4. The number of methoxy groups -OCH3 is 1. The van der Waals surface area contributed by atoms with E-state index in [2.05, 4.69) is 4.98 Å². The number of hydrogen-bond acceptors (Lipinski definition) is 5. The van der Waals surface area contributed by atoms with Crippen LogP contribution in [0.4, 0.5) is 0 Å². The largest absolute Gasteiger partial charge is 0.497 e. The van der Waals surface area contributed by atoms with E-state index in [0.29, 0.717) is 34.1 Å². The molecule has 0 unspecified atom stereocenters. The molecule has 1 N–H and O–H groups in total. The van der Waals surface area contributed by atoms with Crippen molar-refractivity contribution in [1.82, 2.24) is 9.55 Å². The first-order valence-electron chi connectivity index (χ1n) is 6.37. The van der Waals surface area contributed by atoms with Gasteiger partial charge in [0, 0.05) is 5.75 Å². The van der Waals surface area contributed by atoms with E-state index in [4.69, 9.17) is 9.84 Å². The summed E-state index contributed by atoms with van der Waals surface area (Å²) in [7, 11) is 1.54. The fourth-order valence-electron chi connectivity index (χ4n) is 1.91. The van der Waals surface area contributed by atoms with Crippen LogP contribution in [0.15, 0.2) is 23.0 Å². The molecule has 2 aromatic rings. The van der Waals surface area contributed by atoms with Crippen molar-refractivity contribution in [2.24, 2.45) is 0 Å². The summed E-state index contributed by atoms with van der Waals surface area (Å²) in [5.41, 5.74) is 0.490. The minimum absolute atomic E-state index is 0.0767. The second-order valence-corrected chi connectivity index (χ2v) is 5.53. The summed E-state index contributed by atoms with van der Waals surface area (Å²) in [5, 5.41) is 9.11. The molecular formula is C14H16N2O4S. The van der Waals surface area contributed by atoms with Crippen LogP contribution in [0.2, 0.25) is 0 Å². The summed E-state index contributed by atoms with van der Waals surface area (Å²) in [5.74, 6) is 1.22. The number of aliphatic carboxylic acids is 1. The molecule has 0 atom stereocenters. The van der Waals surface area contributed by atoms with Crippen molar-refractivity contribution in [3.8, 4) is 5.75 Å². The lowest BCUT2D eigenvalue weighted by molar-refractivity contribution is -0.136. The maximum absolute atomic E-state index is 12.5. The summed E-state index contributed by atoms with van der Waals surface area (Å²) < 4.78 is 6.68. The fraction of sp³-hybridized carbons (Fsp3) is 0.357. The first-order valence-corrected chi connectivity index (χ1v) is 7.53. The molecule has 0 aliphatic rings. The Hall–Kier alpha value is -2.02. The van der Waals surface area contributed by atoms with Gasteiger partial charge in [0.15, 0.2) is 0 Å². The van der Waals surface area contributed by atoms with E-state index in [-0.39, 0.29) is 12.0 Å². The smallest absolute Gasteiger partial charge is 0.304 e. The van der Waals surface area contributed by atoms with Crippen LogP contribution in [-0.4, -0.2) is 33.5 Å². The predicted molar refractivity (Wildman–Crippen MR) is 82.0 cm³/mol. The Morgan fingerprint density at radius 1 is 1.48 bits per heavy atom. The van der Waals surface area contributed by atoms with Gasteiger partial charge in [-0.1, -0.05) is 0 Å². The molecule has 21 heavy (non-hydrogen) atoms. The number of aromatic nitrogens is 2. The van der Waals surface area contributed by atoms with Crippen LogP contribution in [0.3, 0.4) is 0 Å². The van der Waals surface area contributed by atoms with Gasteiger partial charge < -0.3 is 9.84 Å². The molecule has 0 radical (unpaired) electrons. The van der Waals surface area contributed by atoms with E-state index in [1.165, 1.54) is 11.8 Å². The number of rotatable bonds is 6. The lowest BCUT2D eigenvalue weighted by Gasteiger charge is -2.10. The van der Waals surface area contributed by atoms with Crippen molar-refractivity contribution in [1.29, 1.82) is 0 Å². The van der Waals surface area contributed by atoms with Crippen LogP contribution in [0.25, 0.3) is 10.9 Å². The summed E-state index contributed by atoms with van der Waals surface area (Å²) >= 11 is 1.39. The minimum Gasteiger partial charge on any atom is -0.497 e. The molecule has 1 aromatic heterocycles. The number of fused-ring (bicyclic) bond motifs is 1. The van der Waals surface area contributed by atoms with E-state index in [1.807, 2.05) is 0 Å². The molecule has 0 fully saturated rings. The molecule has 0 aliphatic heterocycles. The van der Waals surface area contributed by atoms with Crippen molar-refractivity contribution in [2.45, 2.75) is 19.2 Å². The number of aryl methyl sites for hydroxylation is 1. The third kappa shape index (κ3) is 3.55. The van der Waals surface area contributed by atoms with Crippen molar-refractivity contribution in [3.63, 3.8) is 0 Å². The number of thioether (sulfide) groups is 1. The number of ether oxygens (including phenoxy) is 1. The zero-order chi connectivity index (χ0) is 15.4. The Labute approximate surface area is 125 Å². The zero-order valence-corrected chi connectivity index (χ0v) is 12.6. The van der Waals surface area contributed by atoms with Crippen molar-refractivity contribution >= 4 is 28.6 Å². The number of carboxylic acids is 1. The van der Waals surface area contributed by atoms with E-state index in [0.717, 1.165) is 0 Å². The van der Waals surface area contributed by atoms with Crippen molar-refractivity contribution in [2.75, 3.05) is 12.9 Å². The van der Waals surface area contributed by atoms with Crippen LogP contribution in [0.1, 0.15) is 12.2 Å². The van der Waals surface area contributed by atoms with Crippen LogP contribution in [0, 0.1) is 6.92 Å². The van der Waals surface area contributed by atoms with Crippen molar-refractivity contribution < 1.29 is 14.6 Å². The third-order valence-corrected chi connectivity index (χ3v) is 3.97. The maximum Gasteiger partial charge on any atom is 0.304 e. The van der Waals surface area contributed by atoms with E-state index in [1.54, 1.807) is 36.8 Å². The van der Waals surface area contributed by atoms with Crippen LogP contribution >= 0.6 is 11.8 Å². The first-order chi connectivity index (χ1) is 10.0. The second kappa shape index (κ2) is 6.62. The topological polar surface area (TPSA) is 81.4 Å². The van der Waals surface area contributed by atoms with Gasteiger partial charge in [-0.15, -0.1) is 11.8 Å². The van der Waals surface area contributed by atoms with Crippen LogP contribution in [0.5, 0.6) is 5.75 Å². The van der Waals surface area contributed by atoms with Crippen molar-refractivity contribution in [3.05, 3.63) is 34.4 Å². The average Bonchev–Trinajstić information content (AvgIpc) is 2.45. The molecule has 6 nitrogen and oxygen atoms in total. The predicted octanol–water partition coefficient (Wildman–Crippen LogP) is 1.88. The molecule has 0 spiro atoms. The van der Waals surface area contributed by atoms with Gasteiger partial charge in [0.2, 0.25) is 0 Å². The van der Waals surface area contributed by atoms with Gasteiger partial charge in [-0.05, 0) is 25.1 Å². The van der Waals surface area contributed by atoms with Gasteiger partial charge in [0.25, 0.3) is 5.56 Å². The summed E-state index contributed by atoms with van der Waals surface area (Å²) in [6.07, 6.45) is 0.0767. The molecule has 0 saturated heterocycles. The Balaban J connectivity index is 2.30. The van der Waals surface area contributed by atoms with Crippen LogP contribution < -0.4 is 10.3 Å².